The number of likely N-dealkylation sites (N-methyl/N-ethyl adjacent to an activating group) is 1. The first-order chi connectivity index (χ1) is 14.7. The monoisotopic (exact) mass is 391 g/mol. The predicted molar refractivity (Wildman–Crippen MR) is 126 cm³/mol. The Morgan fingerprint density at radius 1 is 0.933 bits per heavy atom. The number of hydrogen-bond acceptors (Lipinski definition) is 2. The maximum Gasteiger partial charge on any atom is 0.0781 e. The molecule has 0 atom stereocenters. The molecule has 0 amide bonds. The van der Waals surface area contributed by atoms with Gasteiger partial charge in [0, 0.05) is 40.6 Å². The van der Waals surface area contributed by atoms with E-state index in [4.69, 9.17) is 4.98 Å². The summed E-state index contributed by atoms with van der Waals surface area (Å²) in [7, 11) is 0. The third kappa shape index (κ3) is 2.52. The van der Waals surface area contributed by atoms with E-state index in [1.807, 2.05) is 0 Å². The molecule has 0 unspecified atom stereocenters. The van der Waals surface area contributed by atoms with Crippen LogP contribution in [0, 0.1) is 6.92 Å². The quantitative estimate of drug-likeness (QED) is 0.362. The highest BCUT2D eigenvalue weighted by atomic mass is 15.1. The maximum absolute atomic E-state index is 5.31. The largest absolute Gasteiger partial charge is 0.358 e. The van der Waals surface area contributed by atoms with E-state index < -0.39 is 0 Å². The van der Waals surface area contributed by atoms with Crippen LogP contribution in [0.25, 0.3) is 43.8 Å². The van der Waals surface area contributed by atoms with Gasteiger partial charge < -0.3 is 4.98 Å². The van der Waals surface area contributed by atoms with Crippen molar-refractivity contribution in [2.24, 2.45) is 0 Å². The predicted octanol–water partition coefficient (Wildman–Crippen LogP) is 6.22. The van der Waals surface area contributed by atoms with Crippen LogP contribution in [0.1, 0.15) is 23.7 Å². The number of H-pyrrole nitrogens is 1. The van der Waals surface area contributed by atoms with Gasteiger partial charge in [-0.2, -0.15) is 0 Å². The molecule has 0 saturated carbocycles. The van der Waals surface area contributed by atoms with E-state index in [2.05, 4.69) is 84.4 Å². The Labute approximate surface area is 176 Å². The van der Waals surface area contributed by atoms with Crippen LogP contribution >= 0.6 is 0 Å². The Balaban J connectivity index is 1.75. The van der Waals surface area contributed by atoms with Crippen molar-refractivity contribution in [1.82, 2.24) is 14.9 Å². The summed E-state index contributed by atoms with van der Waals surface area (Å²) in [5.74, 6) is 0. The summed E-state index contributed by atoms with van der Waals surface area (Å²) < 4.78 is 0. The number of hydrogen-bond donors (Lipinski definition) is 1. The Bertz CT molecular complexity index is 1430. The molecule has 148 valence electrons. The van der Waals surface area contributed by atoms with Gasteiger partial charge in [-0.25, -0.2) is 4.98 Å². The number of aryl methyl sites for hydroxylation is 1. The maximum atomic E-state index is 5.31. The first-order valence-corrected chi connectivity index (χ1v) is 10.9. The standard InChI is InChI=1S/C27H25N3/c1-3-30-15-14-20-22(16-30)27(25-17(2)28-23-11-7-6-10-21(23)25)29-24-13-12-18-8-4-5-9-19(18)26(20)24/h4-13,28H,3,14-16H2,1-2H3. The lowest BCUT2D eigenvalue weighted by Gasteiger charge is -2.30. The van der Waals surface area contributed by atoms with Crippen molar-refractivity contribution in [3.05, 3.63) is 77.5 Å². The topological polar surface area (TPSA) is 31.9 Å². The van der Waals surface area contributed by atoms with E-state index in [-0.39, 0.29) is 0 Å². The van der Waals surface area contributed by atoms with Gasteiger partial charge in [0.1, 0.15) is 0 Å². The molecule has 0 spiro atoms. The average Bonchev–Trinajstić information content (AvgIpc) is 3.13. The minimum absolute atomic E-state index is 0.965. The normalized spacial score (nSPS) is 14.6. The third-order valence-electron chi connectivity index (χ3n) is 6.73. The molecule has 3 nitrogen and oxygen atoms in total. The van der Waals surface area contributed by atoms with Crippen LogP contribution in [-0.4, -0.2) is 28.0 Å². The molecular formula is C27H25N3. The van der Waals surface area contributed by atoms with Crippen molar-refractivity contribution >= 4 is 32.6 Å². The molecule has 3 heterocycles. The summed E-state index contributed by atoms with van der Waals surface area (Å²) in [6, 6.07) is 21.7. The Morgan fingerprint density at radius 2 is 1.73 bits per heavy atom. The van der Waals surface area contributed by atoms with Gasteiger partial charge in [-0.3, -0.25) is 4.90 Å². The zero-order chi connectivity index (χ0) is 20.2. The van der Waals surface area contributed by atoms with Crippen molar-refractivity contribution in [3.8, 4) is 11.3 Å². The number of aromatic nitrogens is 2. The summed E-state index contributed by atoms with van der Waals surface area (Å²) in [5.41, 5.74) is 8.79. The van der Waals surface area contributed by atoms with Crippen molar-refractivity contribution in [2.75, 3.05) is 13.1 Å². The van der Waals surface area contributed by atoms with Gasteiger partial charge >= 0.3 is 0 Å². The van der Waals surface area contributed by atoms with Crippen LogP contribution in [0.5, 0.6) is 0 Å². The van der Waals surface area contributed by atoms with Crippen LogP contribution in [0.15, 0.2) is 60.7 Å². The third-order valence-corrected chi connectivity index (χ3v) is 6.73. The molecule has 3 heteroatoms. The summed E-state index contributed by atoms with van der Waals surface area (Å²) in [6.45, 7) is 7.57. The van der Waals surface area contributed by atoms with Crippen LogP contribution in [0.4, 0.5) is 0 Å². The molecule has 1 N–H and O–H groups in total. The van der Waals surface area contributed by atoms with Gasteiger partial charge in [0.2, 0.25) is 0 Å². The SMILES string of the molecule is CCN1CCc2c(c(-c3c(C)[nH]c4ccccc34)nc3ccc4ccccc4c23)C1. The molecule has 0 radical (unpaired) electrons. The first kappa shape index (κ1) is 17.7. The number of rotatable bonds is 2. The lowest BCUT2D eigenvalue weighted by molar-refractivity contribution is 0.269. The van der Waals surface area contributed by atoms with Crippen molar-refractivity contribution in [3.63, 3.8) is 0 Å². The number of benzene rings is 3. The fourth-order valence-electron chi connectivity index (χ4n) is 5.23. The van der Waals surface area contributed by atoms with E-state index in [9.17, 15) is 0 Å². The molecule has 0 aliphatic carbocycles. The molecule has 1 aliphatic heterocycles. The number of para-hydroxylation sites is 1. The van der Waals surface area contributed by atoms with Crippen LogP contribution in [0.3, 0.4) is 0 Å². The highest BCUT2D eigenvalue weighted by Crippen LogP contribution is 2.40. The second kappa shape index (κ2) is 6.68. The van der Waals surface area contributed by atoms with Gasteiger partial charge in [0.25, 0.3) is 0 Å². The minimum atomic E-state index is 0.965. The number of aromatic amines is 1. The van der Waals surface area contributed by atoms with E-state index in [0.717, 1.165) is 37.3 Å². The molecular weight excluding hydrogens is 366 g/mol. The molecule has 0 fully saturated rings. The minimum Gasteiger partial charge on any atom is -0.358 e. The smallest absolute Gasteiger partial charge is 0.0781 e. The van der Waals surface area contributed by atoms with Crippen LogP contribution in [0.2, 0.25) is 0 Å². The van der Waals surface area contributed by atoms with Crippen molar-refractivity contribution in [2.45, 2.75) is 26.8 Å². The molecule has 2 aromatic heterocycles. The molecule has 3 aromatic carbocycles. The lowest BCUT2D eigenvalue weighted by atomic mass is 9.89. The second-order valence-corrected chi connectivity index (χ2v) is 8.39. The summed E-state index contributed by atoms with van der Waals surface area (Å²) in [4.78, 5) is 11.4. The number of fused-ring (bicyclic) bond motifs is 6. The van der Waals surface area contributed by atoms with Crippen LogP contribution in [-0.2, 0) is 13.0 Å². The molecule has 0 bridgehead atoms. The second-order valence-electron chi connectivity index (χ2n) is 8.39. The molecule has 1 aliphatic rings. The van der Waals surface area contributed by atoms with Crippen molar-refractivity contribution in [1.29, 1.82) is 0 Å². The van der Waals surface area contributed by atoms with Gasteiger partial charge in [-0.05, 0) is 53.9 Å². The van der Waals surface area contributed by atoms with E-state index >= 15 is 0 Å². The van der Waals surface area contributed by atoms with Gasteiger partial charge in [0.05, 0.1) is 11.2 Å². The zero-order valence-corrected chi connectivity index (χ0v) is 17.5. The molecule has 5 aromatic rings. The molecule has 30 heavy (non-hydrogen) atoms. The fourth-order valence-corrected chi connectivity index (χ4v) is 5.23. The molecule has 0 saturated heterocycles. The first-order valence-electron chi connectivity index (χ1n) is 10.9. The van der Waals surface area contributed by atoms with E-state index in [1.54, 1.807) is 0 Å². The summed E-state index contributed by atoms with van der Waals surface area (Å²) in [6.07, 6.45) is 1.07. The van der Waals surface area contributed by atoms with Gasteiger partial charge in [0.15, 0.2) is 0 Å². The number of nitrogens with one attached hydrogen (secondary N) is 1. The average molecular weight is 392 g/mol. The summed E-state index contributed by atoms with van der Waals surface area (Å²) in [5, 5.41) is 5.23. The highest BCUT2D eigenvalue weighted by molar-refractivity contribution is 6.10. The van der Waals surface area contributed by atoms with Crippen LogP contribution < -0.4 is 0 Å². The Hall–Kier alpha value is -3.17. The zero-order valence-electron chi connectivity index (χ0n) is 17.5. The fraction of sp³-hybridized carbons (Fsp3) is 0.222. The highest BCUT2D eigenvalue weighted by Gasteiger charge is 2.25. The lowest BCUT2D eigenvalue weighted by Crippen LogP contribution is -2.31. The number of pyridine rings is 1. The molecule has 6 rings (SSSR count). The van der Waals surface area contributed by atoms with E-state index in [0.29, 0.717) is 0 Å². The summed E-state index contributed by atoms with van der Waals surface area (Å²) >= 11 is 0. The van der Waals surface area contributed by atoms with Crippen molar-refractivity contribution < 1.29 is 0 Å². The van der Waals surface area contributed by atoms with E-state index in [1.165, 1.54) is 49.4 Å². The Kier molecular flexibility index (Phi) is 3.93. The van der Waals surface area contributed by atoms with Gasteiger partial charge in [-0.1, -0.05) is 55.5 Å². The van der Waals surface area contributed by atoms with Gasteiger partial charge in [-0.15, -0.1) is 0 Å². The number of nitrogens with zero attached hydrogens (tertiary/aromatic N) is 2. The Morgan fingerprint density at radius 3 is 2.60 bits per heavy atom.